The number of hydrogen-bond donors (Lipinski definition) is 6. The van der Waals surface area contributed by atoms with E-state index in [-0.39, 0.29) is 54.9 Å². The fourth-order valence-corrected chi connectivity index (χ4v) is 5.99. The minimum atomic E-state index is -1.31. The molecule has 288 valence electrons. The van der Waals surface area contributed by atoms with Gasteiger partial charge in [0.2, 0.25) is 29.5 Å². The second-order valence-corrected chi connectivity index (χ2v) is 14.7. The number of carbonyl (C=O) groups excluding carboxylic acids is 5. The summed E-state index contributed by atoms with van der Waals surface area (Å²) in [6, 6.07) is 15.0. The maximum absolute atomic E-state index is 13.9. The molecule has 0 spiro atoms. The largest absolute Gasteiger partial charge is 0.390 e. The predicted octanol–water partition coefficient (Wildman–Crippen LogP) is 4.22. The van der Waals surface area contributed by atoms with Gasteiger partial charge in [0.05, 0.1) is 25.0 Å². The van der Waals surface area contributed by atoms with E-state index in [2.05, 4.69) is 26.6 Å². The van der Waals surface area contributed by atoms with Crippen LogP contribution in [0.1, 0.15) is 98.6 Å². The molecule has 0 aromatic heterocycles. The lowest BCUT2D eigenvalue weighted by molar-refractivity contribution is -0.134. The van der Waals surface area contributed by atoms with Gasteiger partial charge in [-0.1, -0.05) is 122 Å². The van der Waals surface area contributed by atoms with E-state index < -0.39 is 48.0 Å². The van der Waals surface area contributed by atoms with Gasteiger partial charge in [-0.25, -0.2) is 0 Å². The zero-order chi connectivity index (χ0) is 38.8. The third-order valence-electron chi connectivity index (χ3n) is 9.44. The van der Waals surface area contributed by atoms with E-state index in [9.17, 15) is 29.1 Å². The van der Waals surface area contributed by atoms with E-state index in [1.807, 2.05) is 102 Å². The van der Waals surface area contributed by atoms with Gasteiger partial charge in [-0.05, 0) is 54.6 Å². The monoisotopic (exact) mass is 721 g/mol. The molecule has 6 N–H and O–H groups in total. The Morgan fingerprint density at radius 2 is 1.17 bits per heavy atom. The van der Waals surface area contributed by atoms with Crippen LogP contribution < -0.4 is 26.6 Å². The first-order chi connectivity index (χ1) is 24.7. The van der Waals surface area contributed by atoms with Gasteiger partial charge < -0.3 is 31.7 Å². The quantitative estimate of drug-likeness (QED) is 0.107. The van der Waals surface area contributed by atoms with Crippen molar-refractivity contribution in [1.29, 1.82) is 0 Å². The smallest absolute Gasteiger partial charge is 0.243 e. The molecule has 0 fully saturated rings. The van der Waals surface area contributed by atoms with Crippen LogP contribution in [0.2, 0.25) is 0 Å². The molecular formula is C41H63N5O6. The van der Waals surface area contributed by atoms with Crippen LogP contribution in [-0.4, -0.2) is 71.0 Å². The lowest BCUT2D eigenvalue weighted by Crippen LogP contribution is -2.58. The highest BCUT2D eigenvalue weighted by atomic mass is 16.3. The summed E-state index contributed by atoms with van der Waals surface area (Å²) < 4.78 is 0. The zero-order valence-electron chi connectivity index (χ0n) is 32.4. The standard InChI is InChI=1S/C41H63N5O6/c1-9-28(8)38(41(52)42-31(10-2)11-3)45-36(49)25-34(47)32(23-29-18-14-12-15-19-29)44-40(51)37(27(6)7)46-39(50)33(22-26(4)5)43-35(48)24-30-20-16-13-17-21-30/h12-21,26-28,31-34,37-38,47H,9-11,22-25H2,1-8H3,(H,42,52)(H,43,48)(H,44,51)(H,45,49)(H,46,50)/t28-,32?,33?,34?,37?,38-/m0/s1. The number of benzene rings is 2. The maximum atomic E-state index is 13.9. The molecule has 6 atom stereocenters. The number of hydrogen-bond acceptors (Lipinski definition) is 6. The molecule has 0 aliphatic heterocycles. The summed E-state index contributed by atoms with van der Waals surface area (Å²) in [7, 11) is 0. The summed E-state index contributed by atoms with van der Waals surface area (Å²) in [6.07, 6.45) is 1.23. The van der Waals surface area contributed by atoms with Gasteiger partial charge in [0.15, 0.2) is 0 Å². The average molecular weight is 722 g/mol. The molecule has 0 aliphatic carbocycles. The van der Waals surface area contributed by atoms with Crippen molar-refractivity contribution in [1.82, 2.24) is 26.6 Å². The third kappa shape index (κ3) is 15.2. The van der Waals surface area contributed by atoms with E-state index in [1.54, 1.807) is 13.8 Å². The fraction of sp³-hybridized carbons (Fsp3) is 0.585. The average Bonchev–Trinajstić information content (AvgIpc) is 3.11. The van der Waals surface area contributed by atoms with Crippen LogP contribution in [0.4, 0.5) is 0 Å². The number of carbonyl (C=O) groups is 5. The number of aliphatic hydroxyl groups excluding tert-OH is 1. The number of amides is 5. The Hall–Kier alpha value is -4.25. The van der Waals surface area contributed by atoms with Crippen molar-refractivity contribution < 1.29 is 29.1 Å². The van der Waals surface area contributed by atoms with Gasteiger partial charge in [-0.3, -0.25) is 24.0 Å². The van der Waals surface area contributed by atoms with Crippen LogP contribution in [-0.2, 0) is 36.8 Å². The first-order valence-corrected chi connectivity index (χ1v) is 18.9. The Bertz CT molecular complexity index is 1400. The van der Waals surface area contributed by atoms with E-state index in [1.165, 1.54) is 0 Å². The molecule has 11 heteroatoms. The van der Waals surface area contributed by atoms with Gasteiger partial charge in [-0.2, -0.15) is 0 Å². The van der Waals surface area contributed by atoms with Crippen molar-refractivity contribution in [2.45, 2.75) is 137 Å². The first-order valence-electron chi connectivity index (χ1n) is 18.9. The molecule has 0 heterocycles. The highest BCUT2D eigenvalue weighted by Crippen LogP contribution is 2.15. The molecule has 11 nitrogen and oxygen atoms in total. The molecule has 4 unspecified atom stereocenters. The van der Waals surface area contributed by atoms with Crippen LogP contribution in [0.25, 0.3) is 0 Å². The van der Waals surface area contributed by atoms with E-state index in [0.29, 0.717) is 12.8 Å². The van der Waals surface area contributed by atoms with Crippen LogP contribution in [0, 0.1) is 17.8 Å². The van der Waals surface area contributed by atoms with Crippen molar-refractivity contribution in [2.24, 2.45) is 17.8 Å². The number of nitrogens with one attached hydrogen (secondary N) is 5. The number of rotatable bonds is 22. The van der Waals surface area contributed by atoms with E-state index in [4.69, 9.17) is 0 Å². The van der Waals surface area contributed by atoms with Gasteiger partial charge >= 0.3 is 0 Å². The summed E-state index contributed by atoms with van der Waals surface area (Å²) in [5.74, 6) is -2.48. The molecule has 0 saturated heterocycles. The van der Waals surface area contributed by atoms with Crippen LogP contribution >= 0.6 is 0 Å². The molecule has 0 bridgehead atoms. The van der Waals surface area contributed by atoms with Crippen LogP contribution in [0.15, 0.2) is 60.7 Å². The minimum Gasteiger partial charge on any atom is -0.390 e. The predicted molar refractivity (Wildman–Crippen MR) is 205 cm³/mol. The normalized spacial score (nSPS) is 14.8. The highest BCUT2D eigenvalue weighted by Gasteiger charge is 2.33. The van der Waals surface area contributed by atoms with E-state index >= 15 is 0 Å². The summed E-state index contributed by atoms with van der Waals surface area (Å²) in [4.78, 5) is 67.0. The summed E-state index contributed by atoms with van der Waals surface area (Å²) in [6.45, 7) is 15.3. The lowest BCUT2D eigenvalue weighted by atomic mass is 9.95. The molecular weight excluding hydrogens is 658 g/mol. The zero-order valence-corrected chi connectivity index (χ0v) is 32.4. The first kappa shape index (κ1) is 43.9. The van der Waals surface area contributed by atoms with Crippen LogP contribution in [0.5, 0.6) is 0 Å². The van der Waals surface area contributed by atoms with Crippen LogP contribution in [0.3, 0.4) is 0 Å². The van der Waals surface area contributed by atoms with Crippen molar-refractivity contribution >= 4 is 29.5 Å². The Morgan fingerprint density at radius 1 is 0.615 bits per heavy atom. The Kier molecular flexibility index (Phi) is 19.1. The maximum Gasteiger partial charge on any atom is 0.243 e. The SMILES string of the molecule is CCC(CC)NC(=O)[C@@H](NC(=O)CC(O)C(Cc1ccccc1)NC(=O)C(NC(=O)C(CC(C)C)NC(=O)Cc1ccccc1)C(C)C)[C@@H](C)CC. The molecule has 0 aliphatic rings. The second-order valence-electron chi connectivity index (χ2n) is 14.7. The van der Waals surface area contributed by atoms with Crippen molar-refractivity contribution in [2.75, 3.05) is 0 Å². The minimum absolute atomic E-state index is 0.00683. The molecule has 5 amide bonds. The van der Waals surface area contributed by atoms with Gasteiger partial charge in [-0.15, -0.1) is 0 Å². The molecule has 0 saturated carbocycles. The third-order valence-corrected chi connectivity index (χ3v) is 9.44. The Balaban J connectivity index is 2.23. The number of aliphatic hydroxyl groups is 1. The topological polar surface area (TPSA) is 166 Å². The molecule has 2 rings (SSSR count). The van der Waals surface area contributed by atoms with E-state index in [0.717, 1.165) is 24.0 Å². The van der Waals surface area contributed by atoms with Crippen molar-refractivity contribution in [3.05, 3.63) is 71.8 Å². The second kappa shape index (κ2) is 22.6. The van der Waals surface area contributed by atoms with Crippen molar-refractivity contribution in [3.63, 3.8) is 0 Å². The molecule has 52 heavy (non-hydrogen) atoms. The lowest BCUT2D eigenvalue weighted by Gasteiger charge is -2.30. The van der Waals surface area contributed by atoms with Gasteiger partial charge in [0, 0.05) is 6.04 Å². The summed E-state index contributed by atoms with van der Waals surface area (Å²) in [5.41, 5.74) is 1.65. The Labute approximate surface area is 310 Å². The molecule has 2 aromatic carbocycles. The Morgan fingerprint density at radius 3 is 1.69 bits per heavy atom. The molecule has 0 radical (unpaired) electrons. The van der Waals surface area contributed by atoms with Gasteiger partial charge in [0.25, 0.3) is 0 Å². The van der Waals surface area contributed by atoms with Crippen molar-refractivity contribution in [3.8, 4) is 0 Å². The summed E-state index contributed by atoms with van der Waals surface area (Å²) >= 11 is 0. The van der Waals surface area contributed by atoms with Gasteiger partial charge in [0.1, 0.15) is 18.1 Å². The summed E-state index contributed by atoms with van der Waals surface area (Å²) in [5, 5.41) is 25.9. The fourth-order valence-electron chi connectivity index (χ4n) is 5.99. The highest BCUT2D eigenvalue weighted by molar-refractivity contribution is 5.93. The molecule has 2 aromatic rings.